The van der Waals surface area contributed by atoms with E-state index in [9.17, 15) is 4.79 Å². The van der Waals surface area contributed by atoms with E-state index < -0.39 is 0 Å². The van der Waals surface area contributed by atoms with Crippen molar-refractivity contribution in [2.45, 2.75) is 19.3 Å². The number of hydrogen-bond acceptors (Lipinski definition) is 2. The maximum atomic E-state index is 12.5. The van der Waals surface area contributed by atoms with E-state index in [0.29, 0.717) is 0 Å². The first-order chi connectivity index (χ1) is 8.72. The van der Waals surface area contributed by atoms with Crippen molar-refractivity contribution in [3.8, 4) is 0 Å². The van der Waals surface area contributed by atoms with Crippen LogP contribution in [0.15, 0.2) is 28.7 Å². The van der Waals surface area contributed by atoms with Gasteiger partial charge in [0, 0.05) is 30.7 Å². The molecule has 1 unspecified atom stereocenters. The summed E-state index contributed by atoms with van der Waals surface area (Å²) in [6.45, 7) is 5.54. The second-order valence-electron chi connectivity index (χ2n) is 4.59. The Morgan fingerprint density at radius 2 is 1.94 bits per heavy atom. The van der Waals surface area contributed by atoms with Gasteiger partial charge in [-0.2, -0.15) is 0 Å². The topological polar surface area (TPSA) is 32.3 Å². The van der Waals surface area contributed by atoms with Gasteiger partial charge in [0.25, 0.3) is 0 Å². The van der Waals surface area contributed by atoms with Gasteiger partial charge < -0.3 is 10.2 Å². The molecule has 1 N–H and O–H groups in total. The average Bonchev–Trinajstić information content (AvgIpc) is 2.42. The van der Waals surface area contributed by atoms with Crippen molar-refractivity contribution in [3.63, 3.8) is 0 Å². The molecule has 3 nitrogen and oxygen atoms in total. The zero-order chi connectivity index (χ0) is 13.0. The van der Waals surface area contributed by atoms with Crippen molar-refractivity contribution in [3.05, 3.63) is 34.3 Å². The third-order valence-corrected chi connectivity index (χ3v) is 3.94. The highest BCUT2D eigenvalue weighted by atomic mass is 79.9. The van der Waals surface area contributed by atoms with Crippen LogP contribution < -0.4 is 5.32 Å². The van der Waals surface area contributed by atoms with Crippen molar-refractivity contribution >= 4 is 21.8 Å². The standard InChI is InChI=1S/C14H19BrN2O/c1-2-13(11-3-5-12(15)6-4-11)14(18)17-9-7-16-8-10-17/h3-6,13,16H,2,7-10H2,1H3. The van der Waals surface area contributed by atoms with E-state index in [1.165, 1.54) is 0 Å². The lowest BCUT2D eigenvalue weighted by atomic mass is 9.95. The zero-order valence-corrected chi connectivity index (χ0v) is 12.2. The Balaban J connectivity index is 2.12. The molecule has 1 aromatic rings. The summed E-state index contributed by atoms with van der Waals surface area (Å²) in [7, 11) is 0. The Morgan fingerprint density at radius 1 is 1.33 bits per heavy atom. The summed E-state index contributed by atoms with van der Waals surface area (Å²) >= 11 is 3.43. The molecule has 1 amide bonds. The van der Waals surface area contributed by atoms with Crippen LogP contribution in [-0.2, 0) is 4.79 Å². The Bertz CT molecular complexity index is 399. The summed E-state index contributed by atoms with van der Waals surface area (Å²) < 4.78 is 1.05. The number of nitrogens with one attached hydrogen (secondary N) is 1. The first-order valence-corrected chi connectivity index (χ1v) is 7.26. The number of benzene rings is 1. The summed E-state index contributed by atoms with van der Waals surface area (Å²) in [6.07, 6.45) is 0.852. The SMILES string of the molecule is CCC(C(=O)N1CCNCC1)c1ccc(Br)cc1. The van der Waals surface area contributed by atoms with Crippen LogP contribution in [0.2, 0.25) is 0 Å². The zero-order valence-electron chi connectivity index (χ0n) is 10.7. The van der Waals surface area contributed by atoms with Gasteiger partial charge in [0.05, 0.1) is 5.92 Å². The minimum absolute atomic E-state index is 0.00352. The number of carbonyl (C=O) groups excluding carboxylic acids is 1. The van der Waals surface area contributed by atoms with E-state index in [1.54, 1.807) is 0 Å². The van der Waals surface area contributed by atoms with Crippen molar-refractivity contribution in [1.29, 1.82) is 0 Å². The lowest BCUT2D eigenvalue weighted by Gasteiger charge is -2.30. The van der Waals surface area contributed by atoms with Gasteiger partial charge in [0.1, 0.15) is 0 Å². The van der Waals surface area contributed by atoms with Gasteiger partial charge in [-0.05, 0) is 24.1 Å². The summed E-state index contributed by atoms with van der Waals surface area (Å²) in [4.78, 5) is 14.5. The van der Waals surface area contributed by atoms with Crippen LogP contribution in [0, 0.1) is 0 Å². The van der Waals surface area contributed by atoms with E-state index in [2.05, 4.69) is 28.2 Å². The molecular weight excluding hydrogens is 292 g/mol. The highest BCUT2D eigenvalue weighted by Gasteiger charge is 2.25. The smallest absolute Gasteiger partial charge is 0.230 e. The van der Waals surface area contributed by atoms with Crippen LogP contribution in [0.25, 0.3) is 0 Å². The number of nitrogens with zero attached hydrogens (tertiary/aromatic N) is 1. The van der Waals surface area contributed by atoms with Gasteiger partial charge in [-0.15, -0.1) is 0 Å². The summed E-state index contributed by atoms with van der Waals surface area (Å²) in [5.74, 6) is 0.262. The Hall–Kier alpha value is -0.870. The molecule has 1 aromatic carbocycles. The second kappa shape index (κ2) is 6.34. The molecule has 1 aliphatic rings. The number of amides is 1. The quantitative estimate of drug-likeness (QED) is 0.929. The molecule has 98 valence electrons. The Labute approximate surface area is 117 Å². The molecule has 0 saturated carbocycles. The predicted molar refractivity (Wildman–Crippen MR) is 76.6 cm³/mol. The van der Waals surface area contributed by atoms with Gasteiger partial charge in [-0.1, -0.05) is 35.0 Å². The molecule has 0 aromatic heterocycles. The van der Waals surface area contributed by atoms with Crippen LogP contribution in [0.1, 0.15) is 24.8 Å². The third kappa shape index (κ3) is 3.12. The van der Waals surface area contributed by atoms with Crippen LogP contribution in [0.5, 0.6) is 0 Å². The summed E-state index contributed by atoms with van der Waals surface area (Å²) in [5, 5.41) is 3.27. The lowest BCUT2D eigenvalue weighted by Crippen LogP contribution is -2.48. The average molecular weight is 311 g/mol. The lowest BCUT2D eigenvalue weighted by molar-refractivity contribution is -0.133. The molecule has 0 spiro atoms. The predicted octanol–water partition coefficient (Wildman–Crippen LogP) is 2.37. The normalized spacial score (nSPS) is 17.6. The van der Waals surface area contributed by atoms with E-state index in [0.717, 1.165) is 42.6 Å². The van der Waals surface area contributed by atoms with Crippen LogP contribution in [-0.4, -0.2) is 37.0 Å². The molecule has 0 aliphatic carbocycles. The molecule has 0 bridgehead atoms. The first-order valence-electron chi connectivity index (χ1n) is 6.47. The molecule has 0 radical (unpaired) electrons. The molecule has 1 heterocycles. The fourth-order valence-electron chi connectivity index (χ4n) is 2.35. The third-order valence-electron chi connectivity index (χ3n) is 3.41. The molecule has 18 heavy (non-hydrogen) atoms. The summed E-state index contributed by atoms with van der Waals surface area (Å²) in [6, 6.07) is 8.09. The molecule has 4 heteroatoms. The van der Waals surface area contributed by atoms with Gasteiger partial charge in [0.2, 0.25) is 5.91 Å². The van der Waals surface area contributed by atoms with Crippen molar-refractivity contribution in [2.24, 2.45) is 0 Å². The van der Waals surface area contributed by atoms with E-state index in [1.807, 2.05) is 29.2 Å². The van der Waals surface area contributed by atoms with Crippen LogP contribution in [0.3, 0.4) is 0 Å². The van der Waals surface area contributed by atoms with Crippen molar-refractivity contribution in [1.82, 2.24) is 10.2 Å². The number of carbonyl (C=O) groups is 1. The maximum absolute atomic E-state index is 12.5. The molecular formula is C14H19BrN2O. The van der Waals surface area contributed by atoms with Crippen molar-refractivity contribution in [2.75, 3.05) is 26.2 Å². The number of halogens is 1. The van der Waals surface area contributed by atoms with Gasteiger partial charge in [-0.3, -0.25) is 4.79 Å². The van der Waals surface area contributed by atoms with Crippen LogP contribution in [0.4, 0.5) is 0 Å². The Kier molecular flexibility index (Phi) is 4.78. The fraction of sp³-hybridized carbons (Fsp3) is 0.500. The highest BCUT2D eigenvalue weighted by Crippen LogP contribution is 2.24. The molecule has 1 fully saturated rings. The number of rotatable bonds is 3. The van der Waals surface area contributed by atoms with Crippen molar-refractivity contribution < 1.29 is 4.79 Å². The van der Waals surface area contributed by atoms with Gasteiger partial charge >= 0.3 is 0 Å². The fourth-order valence-corrected chi connectivity index (χ4v) is 2.62. The maximum Gasteiger partial charge on any atom is 0.230 e. The summed E-state index contributed by atoms with van der Waals surface area (Å²) in [5.41, 5.74) is 1.12. The number of piperazine rings is 1. The minimum Gasteiger partial charge on any atom is -0.340 e. The molecule has 1 aliphatic heterocycles. The van der Waals surface area contributed by atoms with Crippen LogP contribution >= 0.6 is 15.9 Å². The van der Waals surface area contributed by atoms with E-state index >= 15 is 0 Å². The number of hydrogen-bond donors (Lipinski definition) is 1. The minimum atomic E-state index is -0.00352. The van der Waals surface area contributed by atoms with Gasteiger partial charge in [0.15, 0.2) is 0 Å². The highest BCUT2D eigenvalue weighted by molar-refractivity contribution is 9.10. The first kappa shape index (κ1) is 13.6. The molecule has 1 atom stereocenters. The second-order valence-corrected chi connectivity index (χ2v) is 5.50. The monoisotopic (exact) mass is 310 g/mol. The Morgan fingerprint density at radius 3 is 2.50 bits per heavy atom. The molecule has 2 rings (SSSR count). The van der Waals surface area contributed by atoms with E-state index in [-0.39, 0.29) is 11.8 Å². The van der Waals surface area contributed by atoms with E-state index in [4.69, 9.17) is 0 Å². The largest absolute Gasteiger partial charge is 0.340 e. The van der Waals surface area contributed by atoms with Gasteiger partial charge in [-0.25, -0.2) is 0 Å². The molecule has 1 saturated heterocycles.